The maximum Gasteiger partial charge on any atom is 0.188 e. The summed E-state index contributed by atoms with van der Waals surface area (Å²) >= 11 is 0. The fourth-order valence-corrected chi connectivity index (χ4v) is 1.84. The van der Waals surface area contributed by atoms with Gasteiger partial charge >= 0.3 is 0 Å². The largest absolute Gasteiger partial charge is 0.494 e. The molecule has 1 rings (SSSR count). The minimum absolute atomic E-state index is 0.544. The van der Waals surface area contributed by atoms with Crippen LogP contribution in [0.25, 0.3) is 0 Å². The molecule has 0 unspecified atom stereocenters. The van der Waals surface area contributed by atoms with Crippen molar-refractivity contribution < 1.29 is 4.74 Å². The van der Waals surface area contributed by atoms with E-state index >= 15 is 0 Å². The molecule has 0 heterocycles. The molecule has 0 aromatic heterocycles. The molecule has 0 fully saturated rings. The Bertz CT molecular complexity index is 401. The SMILES string of the molecule is CCCCN=C(N)NCCc1ccc(OCCCC)cc1. The second-order valence-electron chi connectivity index (χ2n) is 5.14. The van der Waals surface area contributed by atoms with E-state index in [1.54, 1.807) is 0 Å². The summed E-state index contributed by atoms with van der Waals surface area (Å²) in [6, 6.07) is 8.27. The average molecular weight is 291 g/mol. The summed E-state index contributed by atoms with van der Waals surface area (Å²) in [6.45, 7) is 6.71. The molecule has 0 saturated carbocycles. The van der Waals surface area contributed by atoms with Gasteiger partial charge in [-0.15, -0.1) is 0 Å². The molecule has 0 aliphatic rings. The van der Waals surface area contributed by atoms with E-state index in [4.69, 9.17) is 10.5 Å². The third-order valence-electron chi connectivity index (χ3n) is 3.20. The second kappa shape index (κ2) is 11.0. The summed E-state index contributed by atoms with van der Waals surface area (Å²) in [4.78, 5) is 4.26. The normalized spacial score (nSPS) is 11.4. The van der Waals surface area contributed by atoms with Crippen molar-refractivity contribution in [3.63, 3.8) is 0 Å². The maximum atomic E-state index is 5.79. The number of benzene rings is 1. The monoisotopic (exact) mass is 291 g/mol. The number of guanidine groups is 1. The topological polar surface area (TPSA) is 59.6 Å². The van der Waals surface area contributed by atoms with E-state index < -0.39 is 0 Å². The van der Waals surface area contributed by atoms with Crippen LogP contribution in [0.2, 0.25) is 0 Å². The van der Waals surface area contributed by atoms with E-state index in [0.717, 1.165) is 57.6 Å². The van der Waals surface area contributed by atoms with Crippen molar-refractivity contribution in [3.05, 3.63) is 29.8 Å². The van der Waals surface area contributed by atoms with E-state index in [0.29, 0.717) is 5.96 Å². The summed E-state index contributed by atoms with van der Waals surface area (Å²) in [6.07, 6.45) is 5.41. The molecule has 0 spiro atoms. The molecule has 0 atom stereocenters. The van der Waals surface area contributed by atoms with Gasteiger partial charge in [-0.25, -0.2) is 0 Å². The van der Waals surface area contributed by atoms with Crippen molar-refractivity contribution in [2.75, 3.05) is 19.7 Å². The highest BCUT2D eigenvalue weighted by atomic mass is 16.5. The van der Waals surface area contributed by atoms with E-state index in [1.165, 1.54) is 5.56 Å². The molecule has 1 aromatic carbocycles. The van der Waals surface area contributed by atoms with Crippen LogP contribution in [0.15, 0.2) is 29.3 Å². The molecule has 0 aliphatic heterocycles. The van der Waals surface area contributed by atoms with Crippen molar-refractivity contribution in [1.29, 1.82) is 0 Å². The molecule has 0 amide bonds. The summed E-state index contributed by atoms with van der Waals surface area (Å²) in [7, 11) is 0. The average Bonchev–Trinajstić information content (AvgIpc) is 2.49. The Morgan fingerprint density at radius 3 is 2.52 bits per heavy atom. The molecular weight excluding hydrogens is 262 g/mol. The van der Waals surface area contributed by atoms with Crippen LogP contribution in [0.4, 0.5) is 0 Å². The Kier molecular flexibility index (Phi) is 9.09. The quantitative estimate of drug-likeness (QED) is 0.395. The van der Waals surface area contributed by atoms with Crippen LogP contribution in [0, 0.1) is 0 Å². The van der Waals surface area contributed by atoms with Crippen LogP contribution in [0.5, 0.6) is 5.75 Å². The molecule has 21 heavy (non-hydrogen) atoms. The summed E-state index contributed by atoms with van der Waals surface area (Å²) in [5.74, 6) is 1.49. The Morgan fingerprint density at radius 1 is 1.14 bits per heavy atom. The van der Waals surface area contributed by atoms with Gasteiger partial charge in [0.05, 0.1) is 6.61 Å². The zero-order valence-corrected chi connectivity index (χ0v) is 13.4. The summed E-state index contributed by atoms with van der Waals surface area (Å²) < 4.78 is 5.64. The maximum absolute atomic E-state index is 5.79. The van der Waals surface area contributed by atoms with Crippen molar-refractivity contribution in [1.82, 2.24) is 5.32 Å². The van der Waals surface area contributed by atoms with Crippen LogP contribution in [-0.4, -0.2) is 25.7 Å². The third kappa shape index (κ3) is 8.23. The summed E-state index contributed by atoms with van der Waals surface area (Å²) in [5, 5.41) is 3.14. The first-order valence-electron chi connectivity index (χ1n) is 8.01. The molecule has 3 N–H and O–H groups in total. The van der Waals surface area contributed by atoms with Gasteiger partial charge in [0.1, 0.15) is 5.75 Å². The predicted molar refractivity (Wildman–Crippen MR) is 89.9 cm³/mol. The molecule has 0 bridgehead atoms. The Morgan fingerprint density at radius 2 is 1.86 bits per heavy atom. The number of ether oxygens (including phenoxy) is 1. The number of hydrogen-bond acceptors (Lipinski definition) is 2. The molecule has 0 aliphatic carbocycles. The van der Waals surface area contributed by atoms with Gasteiger partial charge in [-0.3, -0.25) is 4.99 Å². The first-order valence-corrected chi connectivity index (χ1v) is 8.01. The van der Waals surface area contributed by atoms with E-state index in [1.807, 2.05) is 12.1 Å². The fraction of sp³-hybridized carbons (Fsp3) is 0.588. The zero-order chi connectivity index (χ0) is 15.3. The number of aliphatic imine (C=N–C) groups is 1. The number of nitrogens with one attached hydrogen (secondary N) is 1. The standard InChI is InChI=1S/C17H29N3O/c1-3-5-12-19-17(18)20-13-11-15-7-9-16(10-8-15)21-14-6-4-2/h7-10H,3-6,11-14H2,1-2H3,(H3,18,19,20). The van der Waals surface area contributed by atoms with Crippen molar-refractivity contribution >= 4 is 5.96 Å². The number of hydrogen-bond donors (Lipinski definition) is 2. The van der Waals surface area contributed by atoms with Gasteiger partial charge < -0.3 is 15.8 Å². The van der Waals surface area contributed by atoms with Gasteiger partial charge in [0.25, 0.3) is 0 Å². The Balaban J connectivity index is 2.24. The highest BCUT2D eigenvalue weighted by Crippen LogP contribution is 2.12. The molecule has 4 nitrogen and oxygen atoms in total. The molecule has 0 saturated heterocycles. The van der Waals surface area contributed by atoms with Gasteiger partial charge in [-0.1, -0.05) is 38.8 Å². The molecular formula is C17H29N3O. The zero-order valence-electron chi connectivity index (χ0n) is 13.4. The van der Waals surface area contributed by atoms with Crippen molar-refractivity contribution in [2.24, 2.45) is 10.7 Å². The van der Waals surface area contributed by atoms with Crippen LogP contribution >= 0.6 is 0 Å². The van der Waals surface area contributed by atoms with Crippen LogP contribution in [0.1, 0.15) is 45.1 Å². The minimum atomic E-state index is 0.544. The van der Waals surface area contributed by atoms with Crippen molar-refractivity contribution in [3.8, 4) is 5.75 Å². The minimum Gasteiger partial charge on any atom is -0.494 e. The third-order valence-corrected chi connectivity index (χ3v) is 3.20. The number of unbranched alkanes of at least 4 members (excludes halogenated alkanes) is 2. The highest BCUT2D eigenvalue weighted by molar-refractivity contribution is 5.77. The van der Waals surface area contributed by atoms with E-state index in [2.05, 4.69) is 36.3 Å². The second-order valence-corrected chi connectivity index (χ2v) is 5.14. The first-order chi connectivity index (χ1) is 10.3. The van der Waals surface area contributed by atoms with Crippen LogP contribution in [-0.2, 0) is 6.42 Å². The van der Waals surface area contributed by atoms with Gasteiger partial charge in [0, 0.05) is 13.1 Å². The van der Waals surface area contributed by atoms with Gasteiger partial charge in [-0.2, -0.15) is 0 Å². The molecule has 118 valence electrons. The van der Waals surface area contributed by atoms with E-state index in [9.17, 15) is 0 Å². The Hall–Kier alpha value is -1.71. The lowest BCUT2D eigenvalue weighted by atomic mass is 10.1. The fourth-order valence-electron chi connectivity index (χ4n) is 1.84. The molecule has 4 heteroatoms. The lowest BCUT2D eigenvalue weighted by Crippen LogP contribution is -2.33. The van der Waals surface area contributed by atoms with Crippen molar-refractivity contribution in [2.45, 2.75) is 46.0 Å². The lowest BCUT2D eigenvalue weighted by molar-refractivity contribution is 0.309. The molecule has 0 radical (unpaired) electrons. The Labute approximate surface area is 128 Å². The van der Waals surface area contributed by atoms with Gasteiger partial charge in [0.2, 0.25) is 0 Å². The predicted octanol–water partition coefficient (Wildman–Crippen LogP) is 3.11. The van der Waals surface area contributed by atoms with Crippen LogP contribution in [0.3, 0.4) is 0 Å². The van der Waals surface area contributed by atoms with Gasteiger partial charge in [0.15, 0.2) is 5.96 Å². The van der Waals surface area contributed by atoms with Crippen LogP contribution < -0.4 is 15.8 Å². The number of rotatable bonds is 10. The summed E-state index contributed by atoms with van der Waals surface area (Å²) in [5.41, 5.74) is 7.06. The first kappa shape index (κ1) is 17.3. The van der Waals surface area contributed by atoms with E-state index in [-0.39, 0.29) is 0 Å². The molecule has 1 aromatic rings. The van der Waals surface area contributed by atoms with Gasteiger partial charge in [-0.05, 0) is 37.0 Å². The lowest BCUT2D eigenvalue weighted by Gasteiger charge is -2.08. The highest BCUT2D eigenvalue weighted by Gasteiger charge is 1.97. The smallest absolute Gasteiger partial charge is 0.188 e. The number of nitrogens with two attached hydrogens (primary N) is 1. The number of nitrogens with zero attached hydrogens (tertiary/aromatic N) is 1.